The van der Waals surface area contributed by atoms with Crippen LogP contribution >= 0.6 is 7.26 Å². The van der Waals surface area contributed by atoms with Crippen LogP contribution in [-0.4, -0.2) is 31.9 Å². The predicted molar refractivity (Wildman–Crippen MR) is 110 cm³/mol. The molecule has 0 bridgehead atoms. The minimum absolute atomic E-state index is 0.562. The molecule has 0 aliphatic rings. The number of unbranched alkanes of at least 4 members (excludes halogenated alkanes) is 7. The largest absolute Gasteiger partial charge is 0.673 e. The highest BCUT2D eigenvalue weighted by Crippen LogP contribution is 2.60. The molecule has 0 amide bonds. The third kappa shape index (κ3) is 22.2. The number of halogens is 4. The van der Waals surface area contributed by atoms with Gasteiger partial charge in [0.25, 0.3) is 0 Å². The molecule has 0 N–H and O–H groups in total. The first-order chi connectivity index (χ1) is 11.7. The molecule has 0 spiro atoms. The Morgan fingerprint density at radius 1 is 0.480 bits per heavy atom. The molecule has 0 saturated heterocycles. The van der Waals surface area contributed by atoms with E-state index in [0.29, 0.717) is 0 Å². The van der Waals surface area contributed by atoms with E-state index in [2.05, 4.69) is 27.7 Å². The lowest BCUT2D eigenvalue weighted by molar-refractivity contribution is 0.368. The van der Waals surface area contributed by atoms with E-state index in [1.807, 2.05) is 0 Å². The molecule has 0 heterocycles. The summed E-state index contributed by atoms with van der Waals surface area (Å²) in [5, 5.41) is 0. The van der Waals surface area contributed by atoms with Crippen molar-refractivity contribution in [2.24, 2.45) is 0 Å². The standard InChI is InChI=1S/C19H42P.BF4/c1-5-9-10-11-12-13-14-15-19-20(16-6-2,17-7-3)18-8-4;2-1(3,4)5/h5-19H2,1-4H3;/q+1;-1. The fourth-order valence-electron chi connectivity index (χ4n) is 3.67. The van der Waals surface area contributed by atoms with Crippen molar-refractivity contribution in [1.29, 1.82) is 0 Å². The Labute approximate surface area is 155 Å². The van der Waals surface area contributed by atoms with Crippen molar-refractivity contribution in [3.8, 4) is 0 Å². The van der Waals surface area contributed by atoms with E-state index >= 15 is 0 Å². The van der Waals surface area contributed by atoms with Crippen molar-refractivity contribution < 1.29 is 17.3 Å². The normalized spacial score (nSPS) is 12.0. The maximum atomic E-state index is 9.75. The van der Waals surface area contributed by atoms with Crippen LogP contribution in [0.2, 0.25) is 0 Å². The summed E-state index contributed by atoms with van der Waals surface area (Å²) in [5.74, 6) is 0. The summed E-state index contributed by atoms with van der Waals surface area (Å²) >= 11 is 0. The highest BCUT2D eigenvalue weighted by atomic mass is 31.2. The fraction of sp³-hybridized carbons (Fsp3) is 1.00. The van der Waals surface area contributed by atoms with Gasteiger partial charge in [-0.25, -0.2) is 0 Å². The van der Waals surface area contributed by atoms with Crippen LogP contribution in [0.5, 0.6) is 0 Å². The van der Waals surface area contributed by atoms with E-state index in [9.17, 15) is 17.3 Å². The summed E-state index contributed by atoms with van der Waals surface area (Å²) in [5.41, 5.74) is 0. The quantitative estimate of drug-likeness (QED) is 0.114. The zero-order valence-electron chi connectivity index (χ0n) is 17.1. The lowest BCUT2D eigenvalue weighted by Crippen LogP contribution is -2.11. The van der Waals surface area contributed by atoms with Crippen molar-refractivity contribution in [2.75, 3.05) is 24.6 Å². The number of hydrogen-bond donors (Lipinski definition) is 0. The molecule has 0 aromatic rings. The topological polar surface area (TPSA) is 0 Å². The van der Waals surface area contributed by atoms with Gasteiger partial charge in [-0.15, -0.1) is 0 Å². The monoisotopic (exact) mass is 388 g/mol. The Hall–Kier alpha value is 0.215. The highest BCUT2D eigenvalue weighted by Gasteiger charge is 2.33. The first kappa shape index (κ1) is 27.4. The Morgan fingerprint density at radius 2 is 0.800 bits per heavy atom. The van der Waals surface area contributed by atoms with Crippen LogP contribution in [0.15, 0.2) is 0 Å². The highest BCUT2D eigenvalue weighted by molar-refractivity contribution is 7.75. The van der Waals surface area contributed by atoms with E-state index in [4.69, 9.17) is 0 Å². The zero-order chi connectivity index (χ0) is 19.6. The van der Waals surface area contributed by atoms with Gasteiger partial charge in [0, 0.05) is 7.26 Å². The second-order valence-corrected chi connectivity index (χ2v) is 11.7. The molecule has 6 heteroatoms. The molecule has 154 valence electrons. The van der Waals surface area contributed by atoms with E-state index in [0.717, 1.165) is 0 Å². The van der Waals surface area contributed by atoms with Crippen molar-refractivity contribution in [2.45, 2.75) is 98.3 Å². The van der Waals surface area contributed by atoms with Crippen LogP contribution in [0.1, 0.15) is 98.3 Å². The molecule has 0 aromatic heterocycles. The Morgan fingerprint density at radius 3 is 1.12 bits per heavy atom. The molecule has 25 heavy (non-hydrogen) atoms. The Bertz CT molecular complexity index is 250. The predicted octanol–water partition coefficient (Wildman–Crippen LogP) is 8.67. The van der Waals surface area contributed by atoms with Gasteiger partial charge < -0.3 is 17.3 Å². The van der Waals surface area contributed by atoms with Crippen LogP contribution in [0, 0.1) is 0 Å². The summed E-state index contributed by atoms with van der Waals surface area (Å²) in [6.07, 6.45) is 22.4. The second-order valence-electron chi connectivity index (χ2n) is 7.21. The van der Waals surface area contributed by atoms with Gasteiger partial charge in [0.05, 0.1) is 24.6 Å². The lowest BCUT2D eigenvalue weighted by Gasteiger charge is -2.27. The maximum absolute atomic E-state index is 9.75. The summed E-state index contributed by atoms with van der Waals surface area (Å²) in [6.45, 7) is 9.49. The van der Waals surface area contributed by atoms with Gasteiger partial charge in [-0.3, -0.25) is 0 Å². The van der Waals surface area contributed by atoms with Gasteiger partial charge in [-0.2, -0.15) is 0 Å². The molecule has 0 aromatic carbocycles. The van der Waals surface area contributed by atoms with Gasteiger partial charge in [-0.05, 0) is 32.1 Å². The molecular weight excluding hydrogens is 346 g/mol. The molecule has 0 aliphatic carbocycles. The molecular formula is C19H42BF4P. The lowest BCUT2D eigenvalue weighted by atomic mass is 10.1. The Kier molecular flexibility index (Phi) is 19.3. The zero-order valence-corrected chi connectivity index (χ0v) is 18.0. The molecule has 0 aliphatic heterocycles. The summed E-state index contributed by atoms with van der Waals surface area (Å²) in [7, 11) is -6.56. The van der Waals surface area contributed by atoms with Crippen LogP contribution in [-0.2, 0) is 0 Å². The second kappa shape index (κ2) is 17.6. The van der Waals surface area contributed by atoms with Crippen LogP contribution < -0.4 is 0 Å². The van der Waals surface area contributed by atoms with E-state index < -0.39 is 14.5 Å². The van der Waals surface area contributed by atoms with E-state index in [1.165, 1.54) is 70.6 Å². The molecule has 0 radical (unpaired) electrons. The number of hydrogen-bond acceptors (Lipinski definition) is 0. The van der Waals surface area contributed by atoms with Gasteiger partial charge >= 0.3 is 7.25 Å². The SMILES string of the molecule is CCCCCCCCCC[P+](CCC)(CCC)CCC.F[B-](F)(F)F. The molecule has 0 atom stereocenters. The first-order valence-corrected chi connectivity index (χ1v) is 13.0. The van der Waals surface area contributed by atoms with Crippen molar-refractivity contribution in [3.05, 3.63) is 0 Å². The third-order valence-corrected chi connectivity index (χ3v) is 10.0. The third-order valence-electron chi connectivity index (χ3n) is 4.58. The van der Waals surface area contributed by atoms with Gasteiger partial charge in [0.15, 0.2) is 0 Å². The summed E-state index contributed by atoms with van der Waals surface area (Å²) in [4.78, 5) is 0. The van der Waals surface area contributed by atoms with Gasteiger partial charge in [0.1, 0.15) is 0 Å². The molecule has 0 nitrogen and oxygen atoms in total. The minimum Gasteiger partial charge on any atom is -0.418 e. The Balaban J connectivity index is 0. The molecule has 0 rings (SSSR count). The summed E-state index contributed by atoms with van der Waals surface area (Å²) in [6, 6.07) is 0. The molecule has 0 saturated carbocycles. The molecule has 0 unspecified atom stereocenters. The summed E-state index contributed by atoms with van der Waals surface area (Å²) < 4.78 is 39.0. The van der Waals surface area contributed by atoms with Crippen molar-refractivity contribution in [3.63, 3.8) is 0 Å². The fourth-order valence-corrected chi connectivity index (χ4v) is 8.76. The van der Waals surface area contributed by atoms with E-state index in [1.54, 1.807) is 24.6 Å². The number of rotatable bonds is 15. The minimum atomic E-state index is -6.00. The smallest absolute Gasteiger partial charge is 0.418 e. The van der Waals surface area contributed by atoms with Gasteiger partial charge in [-0.1, -0.05) is 66.2 Å². The van der Waals surface area contributed by atoms with Crippen LogP contribution in [0.4, 0.5) is 17.3 Å². The first-order valence-electron chi connectivity index (χ1n) is 10.5. The maximum Gasteiger partial charge on any atom is 0.673 e. The van der Waals surface area contributed by atoms with Crippen LogP contribution in [0.3, 0.4) is 0 Å². The average Bonchev–Trinajstić information content (AvgIpc) is 2.49. The van der Waals surface area contributed by atoms with Crippen molar-refractivity contribution in [1.82, 2.24) is 0 Å². The van der Waals surface area contributed by atoms with Gasteiger partial charge in [0.2, 0.25) is 0 Å². The molecule has 0 fully saturated rings. The van der Waals surface area contributed by atoms with Crippen LogP contribution in [0.25, 0.3) is 0 Å². The van der Waals surface area contributed by atoms with Crippen molar-refractivity contribution >= 4 is 14.5 Å². The van der Waals surface area contributed by atoms with E-state index in [-0.39, 0.29) is 0 Å². The average molecular weight is 388 g/mol.